The topological polar surface area (TPSA) is 92.2 Å². The molecule has 0 unspecified atom stereocenters. The van der Waals surface area contributed by atoms with E-state index in [0.717, 1.165) is 23.8 Å². The van der Waals surface area contributed by atoms with Gasteiger partial charge < -0.3 is 5.11 Å². The van der Waals surface area contributed by atoms with Gasteiger partial charge in [0.25, 0.3) is 10.0 Å². The van der Waals surface area contributed by atoms with Crippen molar-refractivity contribution in [1.82, 2.24) is 9.59 Å². The number of aromatic nitrogens is 2. The lowest BCUT2D eigenvalue weighted by atomic mass is 10.2. The summed E-state index contributed by atoms with van der Waals surface area (Å²) in [5.41, 5.74) is -0.397. The Bertz CT molecular complexity index is 811. The minimum absolute atomic E-state index is 0.0693. The summed E-state index contributed by atoms with van der Waals surface area (Å²) in [5, 5.41) is 12.1. The molecule has 0 amide bonds. The molecule has 0 radical (unpaired) electrons. The highest BCUT2D eigenvalue weighted by Crippen LogP contribution is 2.24. The zero-order chi connectivity index (χ0) is 15.5. The lowest BCUT2D eigenvalue weighted by Crippen LogP contribution is -2.16. The molecule has 0 saturated carbocycles. The quantitative estimate of drug-likeness (QED) is 0.818. The van der Waals surface area contributed by atoms with Crippen molar-refractivity contribution in [2.75, 3.05) is 11.3 Å². The first-order valence-electron chi connectivity index (χ1n) is 5.33. The second-order valence-electron chi connectivity index (χ2n) is 3.61. The van der Waals surface area contributed by atoms with E-state index in [1.54, 1.807) is 0 Å². The number of hydrogen-bond acceptors (Lipinski definition) is 6. The molecule has 10 heteroatoms. The number of rotatable bonds is 3. The lowest BCUT2D eigenvalue weighted by Gasteiger charge is -2.09. The third-order valence-corrected chi connectivity index (χ3v) is 4.33. The fourth-order valence-corrected chi connectivity index (χ4v) is 3.35. The highest BCUT2D eigenvalue weighted by molar-refractivity contribution is 7.93. The summed E-state index contributed by atoms with van der Waals surface area (Å²) < 4.78 is 56.9. The highest BCUT2D eigenvalue weighted by atomic mass is 32.2. The molecule has 1 aromatic carbocycles. The van der Waals surface area contributed by atoms with Gasteiger partial charge in [0, 0.05) is 17.6 Å². The number of nitrogens with zero attached hydrogens (tertiary/aromatic N) is 2. The molecule has 2 N–H and O–H groups in total. The van der Waals surface area contributed by atoms with Gasteiger partial charge in [-0.15, -0.1) is 5.10 Å². The van der Waals surface area contributed by atoms with Gasteiger partial charge in [0.2, 0.25) is 0 Å². The van der Waals surface area contributed by atoms with E-state index in [1.807, 2.05) is 0 Å². The maximum Gasteiger partial charge on any atom is 0.266 e. The summed E-state index contributed by atoms with van der Waals surface area (Å²) in [6.45, 7) is -0.580. The van der Waals surface area contributed by atoms with Crippen LogP contribution in [0.1, 0.15) is 5.56 Å². The third kappa shape index (κ3) is 3.52. The molecular weight excluding hydrogens is 324 g/mol. The summed E-state index contributed by atoms with van der Waals surface area (Å²) in [6.07, 6.45) is 1.14. The number of aliphatic hydroxyl groups is 1. The molecule has 0 bridgehead atoms. The van der Waals surface area contributed by atoms with Crippen LogP contribution in [0.2, 0.25) is 0 Å². The van der Waals surface area contributed by atoms with Gasteiger partial charge in [0.1, 0.15) is 28.1 Å². The number of nitrogens with one attached hydrogen (secondary N) is 1. The summed E-state index contributed by atoms with van der Waals surface area (Å²) in [6, 6.07) is 1.20. The maximum absolute atomic E-state index is 13.8. The Morgan fingerprint density at radius 2 is 2.14 bits per heavy atom. The molecule has 0 aliphatic carbocycles. The molecule has 0 fully saturated rings. The first-order valence-corrected chi connectivity index (χ1v) is 7.58. The standard InChI is InChI=1S/C11H7F2N3O3S2/c12-8-4-7(2-1-3-17)11(9(13)5-8)21(18,19)15-10-6-14-16-20-10/h4-6,15,17H,3H2. The van der Waals surface area contributed by atoms with Crippen molar-refractivity contribution in [3.05, 3.63) is 35.5 Å². The monoisotopic (exact) mass is 331 g/mol. The minimum Gasteiger partial charge on any atom is -0.384 e. The molecule has 0 aliphatic rings. The fraction of sp³-hybridized carbons (Fsp3) is 0.0909. The molecule has 0 spiro atoms. The zero-order valence-electron chi connectivity index (χ0n) is 10.2. The van der Waals surface area contributed by atoms with Gasteiger partial charge in [-0.1, -0.05) is 16.3 Å². The Labute approximate surface area is 122 Å². The van der Waals surface area contributed by atoms with Gasteiger partial charge in [-0.05, 0) is 6.07 Å². The molecular formula is C11H7F2N3O3S2. The Morgan fingerprint density at radius 3 is 2.76 bits per heavy atom. The van der Waals surface area contributed by atoms with E-state index in [2.05, 4.69) is 26.1 Å². The Morgan fingerprint density at radius 1 is 1.38 bits per heavy atom. The molecule has 110 valence electrons. The number of hydrogen-bond donors (Lipinski definition) is 2. The van der Waals surface area contributed by atoms with Crippen molar-refractivity contribution in [3.8, 4) is 11.8 Å². The predicted molar refractivity (Wildman–Crippen MR) is 71.0 cm³/mol. The molecule has 2 rings (SSSR count). The Hall–Kier alpha value is -2.09. The molecule has 0 saturated heterocycles. The number of anilines is 1. The van der Waals surface area contributed by atoms with Crippen LogP contribution in [0.5, 0.6) is 0 Å². The first-order chi connectivity index (χ1) is 9.94. The van der Waals surface area contributed by atoms with Crippen LogP contribution in [0.3, 0.4) is 0 Å². The largest absolute Gasteiger partial charge is 0.384 e. The van der Waals surface area contributed by atoms with Gasteiger partial charge in [-0.3, -0.25) is 4.72 Å². The highest BCUT2D eigenvalue weighted by Gasteiger charge is 2.24. The van der Waals surface area contributed by atoms with Crippen molar-refractivity contribution >= 4 is 26.6 Å². The average Bonchev–Trinajstić information content (AvgIpc) is 2.86. The molecule has 6 nitrogen and oxygen atoms in total. The van der Waals surface area contributed by atoms with Crippen molar-refractivity contribution in [2.45, 2.75) is 4.90 Å². The normalized spacial score (nSPS) is 10.8. The van der Waals surface area contributed by atoms with Crippen molar-refractivity contribution < 1.29 is 22.3 Å². The van der Waals surface area contributed by atoms with E-state index in [9.17, 15) is 17.2 Å². The van der Waals surface area contributed by atoms with Gasteiger partial charge in [0.15, 0.2) is 0 Å². The van der Waals surface area contributed by atoms with Crippen LogP contribution in [0, 0.1) is 23.5 Å². The number of aliphatic hydroxyl groups excluding tert-OH is 1. The first kappa shape index (κ1) is 15.3. The molecule has 0 atom stereocenters. The summed E-state index contributed by atoms with van der Waals surface area (Å²) in [7, 11) is -4.34. The molecule has 21 heavy (non-hydrogen) atoms. The Balaban J connectivity index is 2.56. The predicted octanol–water partition coefficient (Wildman–Crippen LogP) is 0.961. The van der Waals surface area contributed by atoms with Gasteiger partial charge in [0.05, 0.1) is 11.8 Å². The van der Waals surface area contributed by atoms with Gasteiger partial charge in [-0.25, -0.2) is 17.2 Å². The van der Waals surface area contributed by atoms with Crippen LogP contribution in [0.25, 0.3) is 0 Å². The lowest BCUT2D eigenvalue weighted by molar-refractivity contribution is 0.350. The molecule has 1 heterocycles. The fourth-order valence-electron chi connectivity index (χ4n) is 1.46. The summed E-state index contributed by atoms with van der Waals surface area (Å²) >= 11 is 0.753. The van der Waals surface area contributed by atoms with Gasteiger partial charge in [-0.2, -0.15) is 0 Å². The Kier molecular flexibility index (Phi) is 4.46. The SMILES string of the molecule is O=S(=O)(Nc1cnns1)c1c(F)cc(F)cc1C#CCO. The second kappa shape index (κ2) is 6.13. The average molecular weight is 331 g/mol. The number of benzene rings is 1. The zero-order valence-corrected chi connectivity index (χ0v) is 11.8. The van der Waals surface area contributed by atoms with Gasteiger partial charge >= 0.3 is 0 Å². The number of halogens is 2. The van der Waals surface area contributed by atoms with E-state index in [-0.39, 0.29) is 5.00 Å². The second-order valence-corrected chi connectivity index (χ2v) is 6.02. The van der Waals surface area contributed by atoms with E-state index in [1.165, 1.54) is 0 Å². The third-order valence-electron chi connectivity index (χ3n) is 2.18. The van der Waals surface area contributed by atoms with Crippen molar-refractivity contribution in [3.63, 3.8) is 0 Å². The van der Waals surface area contributed by atoms with E-state index < -0.39 is 38.7 Å². The van der Waals surface area contributed by atoms with Crippen molar-refractivity contribution in [1.29, 1.82) is 0 Å². The van der Waals surface area contributed by atoms with Crippen LogP contribution >= 0.6 is 11.5 Å². The van der Waals surface area contributed by atoms with Crippen LogP contribution in [0.4, 0.5) is 13.8 Å². The maximum atomic E-state index is 13.8. The van der Waals surface area contributed by atoms with Crippen molar-refractivity contribution in [2.24, 2.45) is 0 Å². The van der Waals surface area contributed by atoms with Crippen LogP contribution in [-0.2, 0) is 10.0 Å². The minimum atomic E-state index is -4.34. The van der Waals surface area contributed by atoms with E-state index >= 15 is 0 Å². The van der Waals surface area contributed by atoms with Crippen LogP contribution < -0.4 is 4.72 Å². The number of sulfonamides is 1. The molecule has 2 aromatic rings. The molecule has 0 aliphatic heterocycles. The summed E-state index contributed by atoms with van der Waals surface area (Å²) in [5.74, 6) is 2.08. The van der Waals surface area contributed by atoms with Crippen LogP contribution in [0.15, 0.2) is 23.2 Å². The van der Waals surface area contributed by atoms with E-state index in [0.29, 0.717) is 6.07 Å². The van der Waals surface area contributed by atoms with Crippen LogP contribution in [-0.4, -0.2) is 29.7 Å². The smallest absolute Gasteiger partial charge is 0.266 e. The van der Waals surface area contributed by atoms with E-state index in [4.69, 9.17) is 5.11 Å². The molecule has 1 aromatic heterocycles. The summed E-state index contributed by atoms with van der Waals surface area (Å²) in [4.78, 5) is -0.807.